The van der Waals surface area contributed by atoms with Crippen molar-refractivity contribution in [3.05, 3.63) is 12.7 Å². The van der Waals surface area contributed by atoms with E-state index in [1.165, 1.54) is 12.8 Å². The van der Waals surface area contributed by atoms with Crippen LogP contribution in [0.5, 0.6) is 0 Å². The first kappa shape index (κ1) is 9.27. The Hall–Kier alpha value is 0.180. The van der Waals surface area contributed by atoms with Crippen LogP contribution in [0, 0.1) is 5.41 Å². The molecule has 0 radical (unpaired) electrons. The van der Waals surface area contributed by atoms with Crippen LogP contribution in [0.1, 0.15) is 19.3 Å². The molecule has 0 aromatic heterocycles. The van der Waals surface area contributed by atoms with Crippen molar-refractivity contribution in [1.29, 1.82) is 0 Å². The Balaban J connectivity index is 2.49. The van der Waals surface area contributed by atoms with Crippen LogP contribution in [-0.2, 0) is 4.74 Å². The fourth-order valence-corrected chi connectivity index (χ4v) is 2.29. The van der Waals surface area contributed by atoms with E-state index in [9.17, 15) is 0 Å². The molecule has 0 aliphatic carbocycles. The maximum Gasteiger partial charge on any atom is 0.0471 e. The molecule has 1 rings (SSSR count). The lowest BCUT2D eigenvalue weighted by Gasteiger charge is -2.34. The normalized spacial score (nSPS) is 23.0. The topological polar surface area (TPSA) is 9.23 Å². The molecule has 0 aromatic carbocycles. The average molecular weight is 219 g/mol. The van der Waals surface area contributed by atoms with E-state index in [4.69, 9.17) is 4.74 Å². The molecule has 64 valence electrons. The number of rotatable bonds is 3. The van der Waals surface area contributed by atoms with Gasteiger partial charge in [0.2, 0.25) is 0 Å². The smallest absolute Gasteiger partial charge is 0.0471 e. The second kappa shape index (κ2) is 4.27. The summed E-state index contributed by atoms with van der Waals surface area (Å²) >= 11 is 3.57. The van der Waals surface area contributed by atoms with E-state index in [0.29, 0.717) is 5.41 Å². The fraction of sp³-hybridized carbons (Fsp3) is 0.778. The predicted molar refractivity (Wildman–Crippen MR) is 51.1 cm³/mol. The van der Waals surface area contributed by atoms with Gasteiger partial charge in [-0.1, -0.05) is 22.0 Å². The van der Waals surface area contributed by atoms with Gasteiger partial charge in [-0.3, -0.25) is 0 Å². The highest BCUT2D eigenvalue weighted by Gasteiger charge is 2.29. The maximum absolute atomic E-state index is 5.32. The van der Waals surface area contributed by atoms with E-state index >= 15 is 0 Å². The van der Waals surface area contributed by atoms with Crippen molar-refractivity contribution in [2.45, 2.75) is 19.3 Å². The first-order valence-electron chi connectivity index (χ1n) is 4.08. The van der Waals surface area contributed by atoms with Crippen LogP contribution in [0.4, 0.5) is 0 Å². The molecule has 1 saturated heterocycles. The van der Waals surface area contributed by atoms with Gasteiger partial charge in [0.25, 0.3) is 0 Å². The molecule has 0 atom stereocenters. The third kappa shape index (κ3) is 2.31. The Morgan fingerprint density at radius 2 is 2.09 bits per heavy atom. The molecule has 0 unspecified atom stereocenters. The van der Waals surface area contributed by atoms with Crippen LogP contribution >= 0.6 is 15.9 Å². The Morgan fingerprint density at radius 3 is 2.55 bits per heavy atom. The zero-order valence-electron chi connectivity index (χ0n) is 6.81. The molecule has 0 spiro atoms. The summed E-state index contributed by atoms with van der Waals surface area (Å²) in [5.74, 6) is 0. The van der Waals surface area contributed by atoms with Gasteiger partial charge in [0, 0.05) is 18.5 Å². The van der Waals surface area contributed by atoms with Gasteiger partial charge in [-0.05, 0) is 24.7 Å². The molecule has 1 fully saturated rings. The van der Waals surface area contributed by atoms with Gasteiger partial charge < -0.3 is 4.74 Å². The first-order chi connectivity index (χ1) is 5.33. The van der Waals surface area contributed by atoms with Crippen molar-refractivity contribution in [2.75, 3.05) is 18.5 Å². The van der Waals surface area contributed by atoms with Gasteiger partial charge in [0.05, 0.1) is 0 Å². The minimum atomic E-state index is 0.444. The lowest BCUT2D eigenvalue weighted by atomic mass is 9.79. The van der Waals surface area contributed by atoms with E-state index in [0.717, 1.165) is 25.0 Å². The van der Waals surface area contributed by atoms with E-state index in [-0.39, 0.29) is 0 Å². The quantitative estimate of drug-likeness (QED) is 0.523. The molecular formula is C9H15BrO. The van der Waals surface area contributed by atoms with Gasteiger partial charge in [-0.15, -0.1) is 6.58 Å². The Morgan fingerprint density at radius 1 is 1.45 bits per heavy atom. The molecule has 0 N–H and O–H groups in total. The van der Waals surface area contributed by atoms with Gasteiger partial charge in [0.15, 0.2) is 0 Å². The van der Waals surface area contributed by atoms with Crippen LogP contribution in [0.25, 0.3) is 0 Å². The Bertz CT molecular complexity index is 128. The SMILES string of the molecule is C=CCC1(CBr)CCOCC1. The minimum Gasteiger partial charge on any atom is -0.381 e. The molecule has 11 heavy (non-hydrogen) atoms. The molecule has 0 saturated carbocycles. The third-order valence-electron chi connectivity index (χ3n) is 2.41. The van der Waals surface area contributed by atoms with E-state index in [1.54, 1.807) is 0 Å². The highest BCUT2D eigenvalue weighted by atomic mass is 79.9. The number of alkyl halides is 1. The molecule has 0 bridgehead atoms. The van der Waals surface area contributed by atoms with Crippen molar-refractivity contribution in [3.8, 4) is 0 Å². The average Bonchev–Trinajstić information content (AvgIpc) is 2.07. The number of ether oxygens (including phenoxy) is 1. The van der Waals surface area contributed by atoms with Crippen molar-refractivity contribution in [2.24, 2.45) is 5.41 Å². The molecule has 1 heterocycles. The van der Waals surface area contributed by atoms with Crippen molar-refractivity contribution >= 4 is 15.9 Å². The fourth-order valence-electron chi connectivity index (χ4n) is 1.50. The Labute approximate surface area is 76.9 Å². The van der Waals surface area contributed by atoms with Crippen LogP contribution < -0.4 is 0 Å². The molecule has 1 aliphatic heterocycles. The zero-order chi connectivity index (χ0) is 8.16. The van der Waals surface area contributed by atoms with Gasteiger partial charge in [-0.2, -0.15) is 0 Å². The summed E-state index contributed by atoms with van der Waals surface area (Å²) in [4.78, 5) is 0. The number of halogens is 1. The summed E-state index contributed by atoms with van der Waals surface area (Å²) in [5, 5.41) is 1.08. The highest BCUT2D eigenvalue weighted by Crippen LogP contribution is 2.35. The van der Waals surface area contributed by atoms with E-state index in [1.807, 2.05) is 6.08 Å². The second-order valence-electron chi connectivity index (χ2n) is 3.24. The predicted octanol–water partition coefficient (Wildman–Crippen LogP) is 2.75. The number of allylic oxidation sites excluding steroid dienone is 1. The molecule has 0 aromatic rings. The summed E-state index contributed by atoms with van der Waals surface area (Å²) in [5.41, 5.74) is 0.444. The minimum absolute atomic E-state index is 0.444. The van der Waals surface area contributed by atoms with Gasteiger partial charge in [-0.25, -0.2) is 0 Å². The summed E-state index contributed by atoms with van der Waals surface area (Å²) in [6, 6.07) is 0. The molecule has 0 amide bonds. The number of hydrogen-bond donors (Lipinski definition) is 0. The van der Waals surface area contributed by atoms with Gasteiger partial charge in [0.1, 0.15) is 0 Å². The summed E-state index contributed by atoms with van der Waals surface area (Å²) in [7, 11) is 0. The standard InChI is InChI=1S/C9H15BrO/c1-2-3-9(8-10)4-6-11-7-5-9/h2H,1,3-8H2. The molecular weight excluding hydrogens is 204 g/mol. The van der Waals surface area contributed by atoms with Crippen LogP contribution in [0.3, 0.4) is 0 Å². The van der Waals surface area contributed by atoms with E-state index in [2.05, 4.69) is 22.5 Å². The van der Waals surface area contributed by atoms with Crippen LogP contribution in [0.2, 0.25) is 0 Å². The van der Waals surface area contributed by atoms with Crippen LogP contribution in [-0.4, -0.2) is 18.5 Å². The summed E-state index contributed by atoms with van der Waals surface area (Å²) in [6.45, 7) is 5.62. The molecule has 2 heteroatoms. The largest absolute Gasteiger partial charge is 0.381 e. The summed E-state index contributed by atoms with van der Waals surface area (Å²) < 4.78 is 5.32. The van der Waals surface area contributed by atoms with Crippen LogP contribution in [0.15, 0.2) is 12.7 Å². The summed E-state index contributed by atoms with van der Waals surface area (Å²) in [6.07, 6.45) is 5.47. The second-order valence-corrected chi connectivity index (χ2v) is 3.80. The lowest BCUT2D eigenvalue weighted by Crippen LogP contribution is -2.30. The van der Waals surface area contributed by atoms with Crippen molar-refractivity contribution < 1.29 is 4.74 Å². The lowest BCUT2D eigenvalue weighted by molar-refractivity contribution is 0.0282. The Kier molecular flexibility index (Phi) is 3.60. The monoisotopic (exact) mass is 218 g/mol. The molecule has 1 nitrogen and oxygen atoms in total. The first-order valence-corrected chi connectivity index (χ1v) is 5.20. The van der Waals surface area contributed by atoms with Crippen molar-refractivity contribution in [3.63, 3.8) is 0 Å². The van der Waals surface area contributed by atoms with Gasteiger partial charge >= 0.3 is 0 Å². The molecule has 1 aliphatic rings. The number of hydrogen-bond acceptors (Lipinski definition) is 1. The third-order valence-corrected chi connectivity index (χ3v) is 3.60. The van der Waals surface area contributed by atoms with E-state index < -0.39 is 0 Å². The maximum atomic E-state index is 5.32. The highest BCUT2D eigenvalue weighted by molar-refractivity contribution is 9.09. The zero-order valence-corrected chi connectivity index (χ0v) is 8.40. The van der Waals surface area contributed by atoms with Crippen molar-refractivity contribution in [1.82, 2.24) is 0 Å².